The van der Waals surface area contributed by atoms with Crippen LogP contribution in [0.15, 0.2) is 0 Å². The molecule has 10 heavy (non-hydrogen) atoms. The van der Waals surface area contributed by atoms with E-state index in [9.17, 15) is 0 Å². The van der Waals surface area contributed by atoms with Crippen LogP contribution < -0.4 is 0 Å². The van der Waals surface area contributed by atoms with Crippen molar-refractivity contribution >= 4 is 0 Å². The van der Waals surface area contributed by atoms with Gasteiger partial charge in [0.25, 0.3) is 0 Å². The van der Waals surface area contributed by atoms with Crippen LogP contribution in [-0.2, 0) is 4.74 Å². The Bertz CT molecular complexity index is 69.1. The summed E-state index contributed by atoms with van der Waals surface area (Å²) in [4.78, 5) is 0. The Kier molecular flexibility index (Phi) is 5.70. The van der Waals surface area contributed by atoms with Gasteiger partial charge in [0, 0.05) is 6.61 Å². The average molecular weight is 143 g/mol. The zero-order valence-electron chi connectivity index (χ0n) is 7.39. The van der Waals surface area contributed by atoms with Crippen LogP contribution in [0.3, 0.4) is 0 Å². The fraction of sp³-hybridized carbons (Fsp3) is 0.889. The molecule has 0 rings (SSSR count). The van der Waals surface area contributed by atoms with Crippen molar-refractivity contribution in [2.75, 3.05) is 6.61 Å². The third-order valence-corrected chi connectivity index (χ3v) is 1.50. The zero-order chi connectivity index (χ0) is 7.98. The van der Waals surface area contributed by atoms with Crippen molar-refractivity contribution in [1.29, 1.82) is 0 Å². The number of ether oxygens (including phenoxy) is 1. The van der Waals surface area contributed by atoms with Crippen LogP contribution in [0.4, 0.5) is 0 Å². The van der Waals surface area contributed by atoms with Gasteiger partial charge in [-0.15, -0.1) is 0 Å². The first-order valence-electron chi connectivity index (χ1n) is 4.11. The third kappa shape index (κ3) is 6.09. The number of hydrogen-bond donors (Lipinski definition) is 0. The molecule has 0 amide bonds. The zero-order valence-corrected chi connectivity index (χ0v) is 7.39. The molecular formula is C9H19O. The van der Waals surface area contributed by atoms with Crippen molar-refractivity contribution in [1.82, 2.24) is 0 Å². The molecule has 0 saturated heterocycles. The first-order chi connectivity index (χ1) is 4.66. The van der Waals surface area contributed by atoms with Crippen molar-refractivity contribution in [2.24, 2.45) is 5.92 Å². The fourth-order valence-corrected chi connectivity index (χ4v) is 0.588. The number of hydrogen-bond acceptors (Lipinski definition) is 1. The molecule has 1 atom stereocenters. The molecule has 0 aromatic carbocycles. The van der Waals surface area contributed by atoms with E-state index in [2.05, 4.69) is 27.7 Å². The highest BCUT2D eigenvalue weighted by Crippen LogP contribution is 2.02. The lowest BCUT2D eigenvalue weighted by molar-refractivity contribution is 0.0730. The molecule has 0 heterocycles. The summed E-state index contributed by atoms with van der Waals surface area (Å²) in [5.74, 6) is 0.740. The highest BCUT2D eigenvalue weighted by Gasteiger charge is 1.98. The van der Waals surface area contributed by atoms with Gasteiger partial charge in [-0.1, -0.05) is 20.8 Å². The molecule has 1 radical (unpaired) electrons. The highest BCUT2D eigenvalue weighted by atomic mass is 16.5. The van der Waals surface area contributed by atoms with Gasteiger partial charge in [-0.2, -0.15) is 0 Å². The minimum Gasteiger partial charge on any atom is -0.378 e. The molecule has 0 aliphatic rings. The lowest BCUT2D eigenvalue weighted by Gasteiger charge is -2.10. The molecule has 0 fully saturated rings. The summed E-state index contributed by atoms with van der Waals surface area (Å²) in [6.45, 7) is 11.2. The van der Waals surface area contributed by atoms with Gasteiger partial charge in [0.1, 0.15) is 0 Å². The summed E-state index contributed by atoms with van der Waals surface area (Å²) in [6, 6.07) is 0. The largest absolute Gasteiger partial charge is 0.378 e. The Morgan fingerprint density at radius 2 is 2.00 bits per heavy atom. The van der Waals surface area contributed by atoms with Gasteiger partial charge in [0.15, 0.2) is 0 Å². The fourth-order valence-electron chi connectivity index (χ4n) is 0.588. The van der Waals surface area contributed by atoms with E-state index < -0.39 is 0 Å². The summed E-state index contributed by atoms with van der Waals surface area (Å²) in [7, 11) is 0. The second-order valence-electron chi connectivity index (χ2n) is 3.08. The van der Waals surface area contributed by atoms with Gasteiger partial charge in [-0.05, 0) is 25.7 Å². The minimum absolute atomic E-state index is 0.193. The van der Waals surface area contributed by atoms with Gasteiger partial charge in [-0.25, -0.2) is 0 Å². The predicted octanol–water partition coefficient (Wildman–Crippen LogP) is 2.66. The maximum Gasteiger partial charge on any atom is 0.0573 e. The molecule has 0 bridgehead atoms. The van der Waals surface area contributed by atoms with E-state index >= 15 is 0 Å². The van der Waals surface area contributed by atoms with Crippen LogP contribution in [0.25, 0.3) is 0 Å². The lowest BCUT2D eigenvalue weighted by atomic mass is 10.1. The van der Waals surface area contributed by atoms with E-state index in [4.69, 9.17) is 4.74 Å². The monoisotopic (exact) mass is 143 g/mol. The second kappa shape index (κ2) is 5.72. The molecule has 1 unspecified atom stereocenters. The van der Waals surface area contributed by atoms with Gasteiger partial charge in [0.2, 0.25) is 0 Å². The van der Waals surface area contributed by atoms with Crippen molar-refractivity contribution in [3.8, 4) is 0 Å². The smallest absolute Gasteiger partial charge is 0.0573 e. The molecule has 0 aromatic heterocycles. The first-order valence-corrected chi connectivity index (χ1v) is 4.11. The maximum atomic E-state index is 5.39. The van der Waals surface area contributed by atoms with Gasteiger partial charge >= 0.3 is 0 Å². The molecule has 0 N–H and O–H groups in total. The van der Waals surface area contributed by atoms with E-state index in [1.165, 1.54) is 0 Å². The summed E-state index contributed by atoms with van der Waals surface area (Å²) < 4.78 is 5.39. The summed E-state index contributed by atoms with van der Waals surface area (Å²) in [6.07, 6.45) is 2.35. The molecule has 1 heteroatoms. The van der Waals surface area contributed by atoms with E-state index in [0.717, 1.165) is 25.4 Å². The van der Waals surface area contributed by atoms with Crippen LogP contribution in [0.5, 0.6) is 0 Å². The minimum atomic E-state index is 0.193. The molecule has 0 aliphatic carbocycles. The van der Waals surface area contributed by atoms with E-state index in [1.54, 1.807) is 0 Å². The third-order valence-electron chi connectivity index (χ3n) is 1.50. The number of rotatable bonds is 5. The SMILES string of the molecule is [CH2]C(CC)OCCC(C)C. The Morgan fingerprint density at radius 3 is 2.40 bits per heavy atom. The Morgan fingerprint density at radius 1 is 1.40 bits per heavy atom. The summed E-state index contributed by atoms with van der Waals surface area (Å²) >= 11 is 0. The Labute approximate surface area is 64.8 Å². The summed E-state index contributed by atoms with van der Waals surface area (Å²) in [5, 5.41) is 0. The Hall–Kier alpha value is -0.0400. The molecule has 0 aromatic rings. The van der Waals surface area contributed by atoms with Crippen molar-refractivity contribution in [2.45, 2.75) is 39.7 Å². The van der Waals surface area contributed by atoms with Crippen LogP contribution in [0, 0.1) is 12.8 Å². The van der Waals surface area contributed by atoms with E-state index in [-0.39, 0.29) is 6.10 Å². The normalized spacial score (nSPS) is 14.1. The maximum absolute atomic E-state index is 5.39. The quantitative estimate of drug-likeness (QED) is 0.575. The Balaban J connectivity index is 3.03. The van der Waals surface area contributed by atoms with Crippen molar-refractivity contribution in [3.05, 3.63) is 6.92 Å². The predicted molar refractivity (Wildman–Crippen MR) is 44.8 cm³/mol. The van der Waals surface area contributed by atoms with Gasteiger partial charge in [-0.3, -0.25) is 0 Å². The lowest BCUT2D eigenvalue weighted by Crippen LogP contribution is -2.09. The highest BCUT2D eigenvalue weighted by molar-refractivity contribution is 4.56. The summed E-state index contributed by atoms with van der Waals surface area (Å²) in [5.41, 5.74) is 0. The van der Waals surface area contributed by atoms with Crippen LogP contribution >= 0.6 is 0 Å². The van der Waals surface area contributed by atoms with Gasteiger partial charge < -0.3 is 4.74 Å². The molecule has 1 nitrogen and oxygen atoms in total. The van der Waals surface area contributed by atoms with Crippen molar-refractivity contribution in [3.63, 3.8) is 0 Å². The average Bonchev–Trinajstić information content (AvgIpc) is 1.87. The van der Waals surface area contributed by atoms with Crippen molar-refractivity contribution < 1.29 is 4.74 Å². The van der Waals surface area contributed by atoms with Crippen LogP contribution in [-0.4, -0.2) is 12.7 Å². The molecular weight excluding hydrogens is 124 g/mol. The van der Waals surface area contributed by atoms with Crippen LogP contribution in [0.1, 0.15) is 33.6 Å². The molecule has 0 spiro atoms. The van der Waals surface area contributed by atoms with Gasteiger partial charge in [0.05, 0.1) is 6.10 Å². The standard InChI is InChI=1S/C9H19O/c1-5-9(4)10-7-6-8(2)3/h8-9H,4-7H2,1-3H3. The van der Waals surface area contributed by atoms with E-state index in [0.29, 0.717) is 0 Å². The topological polar surface area (TPSA) is 9.23 Å². The van der Waals surface area contributed by atoms with E-state index in [1.807, 2.05) is 0 Å². The second-order valence-corrected chi connectivity index (χ2v) is 3.08. The first kappa shape index (κ1) is 9.96. The molecule has 61 valence electrons. The molecule has 0 saturated carbocycles. The van der Waals surface area contributed by atoms with Crippen LogP contribution in [0.2, 0.25) is 0 Å². The molecule has 0 aliphatic heterocycles.